The van der Waals surface area contributed by atoms with Gasteiger partial charge in [0.1, 0.15) is 24.1 Å². The van der Waals surface area contributed by atoms with Crippen LogP contribution in [-0.4, -0.2) is 163 Å². The van der Waals surface area contributed by atoms with Crippen LogP contribution in [0.1, 0.15) is 94.4 Å². The number of carbonyl (C=O) groups is 1. The predicted molar refractivity (Wildman–Crippen MR) is 207 cm³/mol. The summed E-state index contributed by atoms with van der Waals surface area (Å²) in [5.41, 5.74) is 3.28. The third-order valence-corrected chi connectivity index (χ3v) is 12.1. The number of cyclic esters (lactones) is 1. The normalized spacial score (nSPS) is 44.9. The largest absolute Gasteiger partial charge is 0.506 e. The number of rotatable bonds is 11. The van der Waals surface area contributed by atoms with Gasteiger partial charge in [-0.3, -0.25) is 4.79 Å². The quantitative estimate of drug-likeness (QED) is 0.151. The lowest BCUT2D eigenvalue weighted by atomic mass is 9.77. The molecule has 0 aromatic rings. The third kappa shape index (κ3) is 11.8. The molecular formula is C40H75N3O12. The van der Waals surface area contributed by atoms with Crippen LogP contribution in [0.5, 0.6) is 0 Å². The van der Waals surface area contributed by atoms with Gasteiger partial charge < -0.3 is 69.1 Å². The van der Waals surface area contributed by atoms with Gasteiger partial charge in [0.05, 0.1) is 41.5 Å². The Kier molecular flexibility index (Phi) is 17.8. The van der Waals surface area contributed by atoms with E-state index in [1.165, 1.54) is 7.11 Å². The monoisotopic (exact) mass is 790 g/mol. The Morgan fingerprint density at radius 3 is 2.25 bits per heavy atom. The maximum absolute atomic E-state index is 14.2. The topological polar surface area (TPSA) is 195 Å². The SMILES string of the molecule is CC/C1=C(\O)[C@H](O)[C@@H](C)N(C)C[C@H](C)C[C@@](C)(O)[C@H](OC2O[C@H](C)C[C@H](N(C)C)[C@H]2OCCCN)[C@@H](C)[C@H](O[C@H]2C[C@@](C)(OC)[C@@H](O)[C@H](C)O2)[C@@H](C)C(=O)O1. The van der Waals surface area contributed by atoms with Gasteiger partial charge in [-0.2, -0.15) is 0 Å². The fourth-order valence-corrected chi connectivity index (χ4v) is 8.58. The van der Waals surface area contributed by atoms with Gasteiger partial charge in [-0.15, -0.1) is 0 Å². The van der Waals surface area contributed by atoms with Crippen molar-refractivity contribution >= 4 is 5.97 Å². The summed E-state index contributed by atoms with van der Waals surface area (Å²) in [7, 11) is 7.33. The summed E-state index contributed by atoms with van der Waals surface area (Å²) in [5, 5.41) is 46.1. The molecular weight excluding hydrogens is 714 g/mol. The standard InChI is InChI=1S/C40H75N3O12/c1-14-29-32(45)31(44)26(6)43(12)21-22(2)19-39(8,48)36(55-38-34(50-17-15-16-41)28(42(10)11)18-23(3)51-38)24(4)33(25(5)37(47)53-29)54-30-20-40(9,49-13)35(46)27(7)52-30/h22-28,30-31,33-36,38,44-46,48H,14-21,41H2,1-13H3/b32-29+/t22-,23-,24+,25-,26-,27+,28+,30+,31-,33+,34-,35+,36-,38?,39-,40-/m1/s1. The first-order chi connectivity index (χ1) is 25.6. The van der Waals surface area contributed by atoms with Crippen molar-refractivity contribution in [2.45, 2.75) is 173 Å². The molecule has 0 aromatic carbocycles. The number of allylic oxidation sites excluding steroid dienone is 1. The molecule has 3 rings (SSSR count). The summed E-state index contributed by atoms with van der Waals surface area (Å²) < 4.78 is 44.5. The first kappa shape index (κ1) is 47.9. The van der Waals surface area contributed by atoms with E-state index in [0.717, 1.165) is 0 Å². The van der Waals surface area contributed by atoms with Gasteiger partial charge in [0.2, 0.25) is 0 Å². The maximum Gasteiger partial charge on any atom is 0.316 e. The molecule has 0 saturated carbocycles. The Bertz CT molecular complexity index is 1240. The lowest BCUT2D eigenvalue weighted by Gasteiger charge is -2.49. The van der Waals surface area contributed by atoms with Crippen LogP contribution in [0, 0.1) is 17.8 Å². The van der Waals surface area contributed by atoms with Crippen LogP contribution in [0.2, 0.25) is 0 Å². The van der Waals surface area contributed by atoms with Crippen molar-refractivity contribution in [3.63, 3.8) is 0 Å². The number of aliphatic hydroxyl groups is 4. The summed E-state index contributed by atoms with van der Waals surface area (Å²) in [6, 6.07) is -0.627. The van der Waals surface area contributed by atoms with Crippen LogP contribution in [-0.2, 0) is 38.0 Å². The number of nitrogens with two attached hydrogens (primary N) is 1. The van der Waals surface area contributed by atoms with Gasteiger partial charge in [-0.1, -0.05) is 20.8 Å². The third-order valence-electron chi connectivity index (χ3n) is 12.1. The van der Waals surface area contributed by atoms with Crippen molar-refractivity contribution in [2.75, 3.05) is 47.9 Å². The van der Waals surface area contributed by atoms with E-state index in [0.29, 0.717) is 32.5 Å². The van der Waals surface area contributed by atoms with Gasteiger partial charge in [0.15, 0.2) is 18.3 Å². The molecule has 0 aliphatic carbocycles. The smallest absolute Gasteiger partial charge is 0.316 e. The van der Waals surface area contributed by atoms with Crippen molar-refractivity contribution in [1.29, 1.82) is 0 Å². The number of methoxy groups -OCH3 is 1. The molecule has 55 heavy (non-hydrogen) atoms. The van der Waals surface area contributed by atoms with Gasteiger partial charge in [-0.25, -0.2) is 0 Å². The molecule has 3 aliphatic rings. The number of aliphatic hydroxyl groups excluding tert-OH is 3. The van der Waals surface area contributed by atoms with E-state index in [4.69, 9.17) is 38.9 Å². The first-order valence-electron chi connectivity index (χ1n) is 20.2. The van der Waals surface area contributed by atoms with Crippen LogP contribution in [0.15, 0.2) is 11.5 Å². The van der Waals surface area contributed by atoms with Gasteiger partial charge in [0, 0.05) is 51.1 Å². The highest BCUT2D eigenvalue weighted by molar-refractivity contribution is 5.74. The van der Waals surface area contributed by atoms with Crippen LogP contribution in [0.4, 0.5) is 0 Å². The van der Waals surface area contributed by atoms with E-state index in [2.05, 4.69) is 4.90 Å². The average molecular weight is 790 g/mol. The summed E-state index contributed by atoms with van der Waals surface area (Å²) in [6.45, 7) is 17.5. The molecule has 0 radical (unpaired) electrons. The zero-order chi connectivity index (χ0) is 41.6. The lowest BCUT2D eigenvalue weighted by molar-refractivity contribution is -0.321. The minimum atomic E-state index is -1.53. The number of hydrogen-bond acceptors (Lipinski definition) is 15. The van der Waals surface area contributed by atoms with E-state index in [9.17, 15) is 25.2 Å². The van der Waals surface area contributed by atoms with E-state index in [1.807, 2.05) is 46.8 Å². The van der Waals surface area contributed by atoms with Gasteiger partial charge >= 0.3 is 5.97 Å². The summed E-state index contributed by atoms with van der Waals surface area (Å²) in [5.74, 6) is -3.05. The fraction of sp³-hybridized carbons (Fsp3) is 0.925. The molecule has 3 aliphatic heterocycles. The van der Waals surface area contributed by atoms with Crippen LogP contribution in [0.25, 0.3) is 0 Å². The van der Waals surface area contributed by atoms with Crippen molar-refractivity contribution in [2.24, 2.45) is 23.5 Å². The van der Waals surface area contributed by atoms with Crippen molar-refractivity contribution in [3.05, 3.63) is 11.5 Å². The highest BCUT2D eigenvalue weighted by Crippen LogP contribution is 2.40. The number of likely N-dealkylation sites (N-methyl/N-ethyl adjacent to an activating group) is 2. The Morgan fingerprint density at radius 2 is 1.67 bits per heavy atom. The lowest BCUT2D eigenvalue weighted by Crippen LogP contribution is -2.61. The molecule has 6 N–H and O–H groups in total. The number of nitrogens with zero attached hydrogens (tertiary/aromatic N) is 2. The molecule has 2 fully saturated rings. The van der Waals surface area contributed by atoms with Crippen molar-refractivity contribution in [3.8, 4) is 0 Å². The molecule has 0 aromatic heterocycles. The first-order valence-corrected chi connectivity index (χ1v) is 20.2. The van der Waals surface area contributed by atoms with Gasteiger partial charge in [0.25, 0.3) is 0 Å². The number of hydrogen-bond donors (Lipinski definition) is 5. The Morgan fingerprint density at radius 1 is 1.02 bits per heavy atom. The fourth-order valence-electron chi connectivity index (χ4n) is 8.58. The van der Waals surface area contributed by atoms with E-state index < -0.39 is 90.0 Å². The Labute approximate surface area is 329 Å². The molecule has 0 amide bonds. The number of carbonyl (C=O) groups excluding carboxylic acids is 1. The van der Waals surface area contributed by atoms with Crippen LogP contribution >= 0.6 is 0 Å². The minimum Gasteiger partial charge on any atom is -0.506 e. The molecule has 16 atom stereocenters. The predicted octanol–water partition coefficient (Wildman–Crippen LogP) is 2.92. The molecule has 0 bridgehead atoms. The zero-order valence-corrected chi connectivity index (χ0v) is 35.8. The minimum absolute atomic E-state index is 0.0480. The summed E-state index contributed by atoms with van der Waals surface area (Å²) in [4.78, 5) is 18.2. The molecule has 0 spiro atoms. The molecule has 3 heterocycles. The average Bonchev–Trinajstić information content (AvgIpc) is 3.12. The molecule has 1 unspecified atom stereocenters. The second-order valence-electron chi connectivity index (χ2n) is 17.2. The highest BCUT2D eigenvalue weighted by atomic mass is 16.7. The molecule has 15 nitrogen and oxygen atoms in total. The molecule has 322 valence electrons. The second kappa shape index (κ2) is 20.5. The van der Waals surface area contributed by atoms with Gasteiger partial charge in [-0.05, 0) is 94.4 Å². The van der Waals surface area contributed by atoms with E-state index in [-0.39, 0.29) is 43.1 Å². The Hall–Kier alpha value is -1.47. The maximum atomic E-state index is 14.2. The van der Waals surface area contributed by atoms with Crippen molar-refractivity contribution < 1.29 is 58.4 Å². The summed E-state index contributed by atoms with van der Waals surface area (Å²) >= 11 is 0. The number of ether oxygens (including phenoxy) is 7. The molecule has 2 saturated heterocycles. The highest BCUT2D eigenvalue weighted by Gasteiger charge is 2.52. The van der Waals surface area contributed by atoms with E-state index >= 15 is 0 Å². The van der Waals surface area contributed by atoms with Crippen molar-refractivity contribution in [1.82, 2.24) is 9.80 Å². The second-order valence-corrected chi connectivity index (χ2v) is 17.2. The summed E-state index contributed by atoms with van der Waals surface area (Å²) in [6.07, 6.45) is -5.65. The van der Waals surface area contributed by atoms with Crippen LogP contribution in [0.3, 0.4) is 0 Å². The van der Waals surface area contributed by atoms with E-state index in [1.54, 1.807) is 41.5 Å². The van der Waals surface area contributed by atoms with Crippen LogP contribution < -0.4 is 5.73 Å². The zero-order valence-electron chi connectivity index (χ0n) is 35.8. The molecule has 15 heteroatoms. The Balaban J connectivity index is 2.21. The number of esters is 1.